The van der Waals surface area contributed by atoms with Crippen LogP contribution in [0.1, 0.15) is 41.6 Å². The second-order valence-electron chi connectivity index (χ2n) is 6.65. The van der Waals surface area contributed by atoms with E-state index in [0.717, 1.165) is 42.4 Å². The van der Waals surface area contributed by atoms with Crippen molar-refractivity contribution in [3.8, 4) is 11.1 Å². The van der Waals surface area contributed by atoms with Gasteiger partial charge in [-0.15, -0.1) is 12.4 Å². The number of nitrogens with one attached hydrogen (secondary N) is 1. The van der Waals surface area contributed by atoms with Gasteiger partial charge in [-0.3, -0.25) is 4.79 Å². The van der Waals surface area contributed by atoms with E-state index in [2.05, 4.69) is 5.32 Å². The zero-order valence-corrected chi connectivity index (χ0v) is 15.1. The van der Waals surface area contributed by atoms with Crippen LogP contribution < -0.4 is 11.1 Å². The Morgan fingerprint density at radius 3 is 2.24 bits per heavy atom. The first-order chi connectivity index (χ1) is 11.5. The minimum atomic E-state index is -0.488. The zero-order chi connectivity index (χ0) is 17.1. The molecule has 1 aliphatic rings. The van der Waals surface area contributed by atoms with Crippen LogP contribution in [0.4, 0.5) is 4.39 Å². The molecule has 0 heterocycles. The fourth-order valence-corrected chi connectivity index (χ4v) is 3.15. The lowest BCUT2D eigenvalue weighted by Gasteiger charge is -2.26. The Bertz CT molecular complexity index is 725. The van der Waals surface area contributed by atoms with Crippen LogP contribution in [0.3, 0.4) is 0 Å². The van der Waals surface area contributed by atoms with Crippen LogP contribution in [0.5, 0.6) is 0 Å². The molecular weight excluding hydrogens is 339 g/mol. The second kappa shape index (κ2) is 8.45. The van der Waals surface area contributed by atoms with E-state index in [1.807, 2.05) is 31.2 Å². The van der Waals surface area contributed by atoms with Gasteiger partial charge in [0.25, 0.3) is 5.91 Å². The number of hydrogen-bond acceptors (Lipinski definition) is 2. The summed E-state index contributed by atoms with van der Waals surface area (Å²) in [6.07, 6.45) is 3.52. The van der Waals surface area contributed by atoms with Gasteiger partial charge in [0.2, 0.25) is 0 Å². The third-order valence-electron chi connectivity index (χ3n) is 4.71. The molecule has 1 saturated carbocycles. The molecule has 1 aliphatic carbocycles. The number of carbonyl (C=O) groups excluding carboxylic acids is 1. The predicted octanol–water partition coefficient (Wildman–Crippen LogP) is 4.22. The molecule has 3 rings (SSSR count). The second-order valence-corrected chi connectivity index (χ2v) is 6.65. The molecule has 1 amide bonds. The largest absolute Gasteiger partial charge is 0.349 e. The van der Waals surface area contributed by atoms with Crippen molar-refractivity contribution in [1.82, 2.24) is 5.32 Å². The van der Waals surface area contributed by atoms with Crippen molar-refractivity contribution in [3.63, 3.8) is 0 Å². The summed E-state index contributed by atoms with van der Waals surface area (Å²) in [6, 6.07) is 13.0. The Balaban J connectivity index is 0.00000225. The molecule has 2 aromatic carbocycles. The molecule has 5 heteroatoms. The summed E-state index contributed by atoms with van der Waals surface area (Å²) in [4.78, 5) is 12.3. The number of nitrogens with two attached hydrogens (primary N) is 1. The number of halogens is 2. The van der Waals surface area contributed by atoms with Gasteiger partial charge >= 0.3 is 0 Å². The number of hydrogen-bond donors (Lipinski definition) is 2. The summed E-state index contributed by atoms with van der Waals surface area (Å²) in [6.45, 7) is 2.01. The minimum absolute atomic E-state index is 0. The summed E-state index contributed by atoms with van der Waals surface area (Å²) in [5.41, 5.74) is 8.83. The first-order valence-electron chi connectivity index (χ1n) is 8.46. The maximum Gasteiger partial charge on any atom is 0.254 e. The molecular formula is C20H24ClFN2O. The lowest BCUT2D eigenvalue weighted by Crippen LogP contribution is -2.40. The van der Waals surface area contributed by atoms with Crippen molar-refractivity contribution in [1.29, 1.82) is 0 Å². The number of amides is 1. The number of carbonyl (C=O) groups is 1. The van der Waals surface area contributed by atoms with Crippen LogP contribution in [-0.4, -0.2) is 18.0 Å². The van der Waals surface area contributed by atoms with Crippen LogP contribution in [-0.2, 0) is 0 Å². The van der Waals surface area contributed by atoms with Gasteiger partial charge in [0.15, 0.2) is 0 Å². The SMILES string of the molecule is Cc1ccc(-c2ccc(C(=O)NC3CCC(N)CC3)c(F)c2)cc1.Cl. The van der Waals surface area contributed by atoms with E-state index in [1.54, 1.807) is 12.1 Å². The minimum Gasteiger partial charge on any atom is -0.349 e. The van der Waals surface area contributed by atoms with E-state index < -0.39 is 5.82 Å². The third kappa shape index (κ3) is 4.80. The molecule has 0 aliphatic heterocycles. The topological polar surface area (TPSA) is 55.1 Å². The Kier molecular flexibility index (Phi) is 6.57. The van der Waals surface area contributed by atoms with E-state index in [4.69, 9.17) is 5.73 Å². The van der Waals surface area contributed by atoms with Gasteiger partial charge in [0, 0.05) is 12.1 Å². The van der Waals surface area contributed by atoms with Gasteiger partial charge in [-0.25, -0.2) is 4.39 Å². The maximum atomic E-state index is 14.4. The standard InChI is InChI=1S/C20H23FN2O.ClH/c1-13-2-4-14(5-3-13)15-6-11-18(19(21)12-15)20(24)23-17-9-7-16(22)8-10-17;/h2-6,11-12,16-17H,7-10,22H2,1H3,(H,23,24);1H. The molecule has 134 valence electrons. The van der Waals surface area contributed by atoms with E-state index in [9.17, 15) is 9.18 Å². The van der Waals surface area contributed by atoms with Crippen LogP contribution >= 0.6 is 12.4 Å². The highest BCUT2D eigenvalue weighted by molar-refractivity contribution is 5.95. The van der Waals surface area contributed by atoms with Gasteiger partial charge in [-0.2, -0.15) is 0 Å². The Hall–Kier alpha value is -1.91. The number of aryl methyl sites for hydroxylation is 1. The summed E-state index contributed by atoms with van der Waals surface area (Å²) in [5.74, 6) is -0.832. The third-order valence-corrected chi connectivity index (χ3v) is 4.71. The van der Waals surface area contributed by atoms with Gasteiger partial charge in [-0.05, 0) is 55.9 Å². The molecule has 0 saturated heterocycles. The molecule has 0 atom stereocenters. The van der Waals surface area contributed by atoms with E-state index in [-0.39, 0.29) is 36.0 Å². The zero-order valence-electron chi connectivity index (χ0n) is 14.3. The highest BCUT2D eigenvalue weighted by atomic mass is 35.5. The molecule has 0 unspecified atom stereocenters. The average molecular weight is 363 g/mol. The monoisotopic (exact) mass is 362 g/mol. The summed E-state index contributed by atoms with van der Waals surface area (Å²) >= 11 is 0. The fraction of sp³-hybridized carbons (Fsp3) is 0.350. The highest BCUT2D eigenvalue weighted by Gasteiger charge is 2.22. The molecule has 1 fully saturated rings. The van der Waals surface area contributed by atoms with E-state index in [1.165, 1.54) is 6.07 Å². The van der Waals surface area contributed by atoms with Crippen molar-refractivity contribution in [2.45, 2.75) is 44.7 Å². The molecule has 0 aromatic heterocycles. The van der Waals surface area contributed by atoms with Gasteiger partial charge in [0.05, 0.1) is 5.56 Å². The van der Waals surface area contributed by atoms with Crippen molar-refractivity contribution in [3.05, 3.63) is 59.4 Å². The van der Waals surface area contributed by atoms with Crippen LogP contribution in [0, 0.1) is 12.7 Å². The van der Waals surface area contributed by atoms with Gasteiger partial charge in [0.1, 0.15) is 5.82 Å². The molecule has 25 heavy (non-hydrogen) atoms. The van der Waals surface area contributed by atoms with Crippen molar-refractivity contribution in [2.75, 3.05) is 0 Å². The van der Waals surface area contributed by atoms with Crippen LogP contribution in [0.25, 0.3) is 11.1 Å². The lowest BCUT2D eigenvalue weighted by molar-refractivity contribution is 0.0922. The Morgan fingerprint density at radius 1 is 1.04 bits per heavy atom. The number of rotatable bonds is 3. The maximum absolute atomic E-state index is 14.4. The fourth-order valence-electron chi connectivity index (χ4n) is 3.15. The first kappa shape index (κ1) is 19.4. The molecule has 0 radical (unpaired) electrons. The molecule has 0 spiro atoms. The summed E-state index contributed by atoms with van der Waals surface area (Å²) in [7, 11) is 0. The number of benzene rings is 2. The van der Waals surface area contributed by atoms with Crippen molar-refractivity contribution in [2.24, 2.45) is 5.73 Å². The summed E-state index contributed by atoms with van der Waals surface area (Å²) < 4.78 is 14.4. The Morgan fingerprint density at radius 2 is 1.64 bits per heavy atom. The van der Waals surface area contributed by atoms with Crippen molar-refractivity contribution < 1.29 is 9.18 Å². The van der Waals surface area contributed by atoms with Crippen LogP contribution in [0.15, 0.2) is 42.5 Å². The van der Waals surface area contributed by atoms with E-state index in [0.29, 0.717) is 0 Å². The normalized spacial score (nSPS) is 19.8. The first-order valence-corrected chi connectivity index (χ1v) is 8.46. The van der Waals surface area contributed by atoms with E-state index >= 15 is 0 Å². The van der Waals surface area contributed by atoms with Gasteiger partial charge < -0.3 is 11.1 Å². The van der Waals surface area contributed by atoms with Crippen LogP contribution in [0.2, 0.25) is 0 Å². The smallest absolute Gasteiger partial charge is 0.254 e. The van der Waals surface area contributed by atoms with Gasteiger partial charge in [-0.1, -0.05) is 35.9 Å². The lowest BCUT2D eigenvalue weighted by atomic mass is 9.91. The highest BCUT2D eigenvalue weighted by Crippen LogP contribution is 2.23. The molecule has 3 nitrogen and oxygen atoms in total. The summed E-state index contributed by atoms with van der Waals surface area (Å²) in [5, 5.41) is 2.93. The molecule has 2 aromatic rings. The average Bonchev–Trinajstić information content (AvgIpc) is 2.57. The Labute approximate surface area is 154 Å². The quantitative estimate of drug-likeness (QED) is 0.858. The predicted molar refractivity (Wildman–Crippen MR) is 102 cm³/mol. The molecule has 3 N–H and O–H groups in total. The van der Waals surface area contributed by atoms with Crippen molar-refractivity contribution >= 4 is 18.3 Å². The molecule has 0 bridgehead atoms.